The molecule has 0 aliphatic carbocycles. The Balaban J connectivity index is 2.47. The van der Waals surface area contributed by atoms with Crippen LogP contribution in [0.1, 0.15) is 18.0 Å². The summed E-state index contributed by atoms with van der Waals surface area (Å²) >= 11 is 0. The molecule has 1 aromatic carbocycles. The van der Waals surface area contributed by atoms with Crippen LogP contribution in [0.2, 0.25) is 0 Å². The zero-order chi connectivity index (χ0) is 14.0. The van der Waals surface area contributed by atoms with Gasteiger partial charge in [-0.3, -0.25) is 4.79 Å². The fourth-order valence-electron chi connectivity index (χ4n) is 2.45. The number of carbonyl (C=O) groups is 1. The molecular weight excluding hydrogens is 240 g/mol. The van der Waals surface area contributed by atoms with E-state index in [1.807, 2.05) is 33.3 Å². The third-order valence-corrected chi connectivity index (χ3v) is 3.50. The fourth-order valence-corrected chi connectivity index (χ4v) is 2.45. The van der Waals surface area contributed by atoms with Crippen molar-refractivity contribution in [1.29, 1.82) is 0 Å². The Morgan fingerprint density at radius 3 is 2.68 bits per heavy atom. The van der Waals surface area contributed by atoms with Crippen molar-refractivity contribution < 1.29 is 9.53 Å². The predicted molar refractivity (Wildman–Crippen MR) is 76.0 cm³/mol. The first-order valence-corrected chi connectivity index (χ1v) is 6.31. The maximum atomic E-state index is 11.6. The Bertz CT molecular complexity index is 587. The van der Waals surface area contributed by atoms with Gasteiger partial charge in [-0.25, -0.2) is 0 Å². The topological polar surface area (TPSA) is 34.5 Å². The molecule has 1 unspecified atom stereocenters. The number of nitrogens with zero attached hydrogens (tertiary/aromatic N) is 2. The van der Waals surface area contributed by atoms with Crippen LogP contribution in [-0.2, 0) is 16.6 Å². The lowest BCUT2D eigenvalue weighted by Gasteiger charge is -2.23. The van der Waals surface area contributed by atoms with Crippen LogP contribution in [-0.4, -0.2) is 36.6 Å². The summed E-state index contributed by atoms with van der Waals surface area (Å²) in [6.07, 6.45) is 2.45. The Hall–Kier alpha value is -1.81. The summed E-state index contributed by atoms with van der Waals surface area (Å²) < 4.78 is 6.89. The minimum atomic E-state index is -0.188. The molecule has 1 heterocycles. The molecule has 19 heavy (non-hydrogen) atoms. The van der Waals surface area contributed by atoms with E-state index < -0.39 is 0 Å². The summed E-state index contributed by atoms with van der Waals surface area (Å²) in [5.41, 5.74) is 2.34. The average Bonchev–Trinajstić information content (AvgIpc) is 2.73. The Morgan fingerprint density at radius 1 is 1.37 bits per heavy atom. The van der Waals surface area contributed by atoms with E-state index in [0.717, 1.165) is 5.56 Å². The van der Waals surface area contributed by atoms with Crippen LogP contribution in [0, 0.1) is 0 Å². The number of hydrogen-bond donors (Lipinski definition) is 0. The number of fused-ring (bicyclic) bond motifs is 1. The van der Waals surface area contributed by atoms with Crippen LogP contribution in [0.5, 0.6) is 0 Å². The minimum absolute atomic E-state index is 0.0264. The molecule has 0 saturated carbocycles. The van der Waals surface area contributed by atoms with Gasteiger partial charge in [0.15, 0.2) is 0 Å². The molecule has 2 rings (SSSR count). The summed E-state index contributed by atoms with van der Waals surface area (Å²) in [4.78, 5) is 13.6. The lowest BCUT2D eigenvalue weighted by Crippen LogP contribution is -2.23. The zero-order valence-electron chi connectivity index (χ0n) is 11.9. The highest BCUT2D eigenvalue weighted by Crippen LogP contribution is 2.30. The molecule has 0 spiro atoms. The average molecular weight is 260 g/mol. The molecule has 102 valence electrons. The van der Waals surface area contributed by atoms with Gasteiger partial charge in [-0.05, 0) is 25.7 Å². The number of methoxy groups -OCH3 is 1. The normalized spacial score (nSPS) is 12.9. The molecule has 0 fully saturated rings. The molecule has 1 atom stereocenters. The minimum Gasteiger partial charge on any atom is -0.469 e. The molecule has 4 heteroatoms. The highest BCUT2D eigenvalue weighted by molar-refractivity contribution is 5.85. The van der Waals surface area contributed by atoms with Crippen molar-refractivity contribution in [2.45, 2.75) is 12.5 Å². The van der Waals surface area contributed by atoms with E-state index in [9.17, 15) is 4.79 Å². The Morgan fingerprint density at radius 2 is 2.05 bits per heavy atom. The van der Waals surface area contributed by atoms with Crippen LogP contribution < -0.4 is 0 Å². The number of hydrogen-bond acceptors (Lipinski definition) is 3. The van der Waals surface area contributed by atoms with E-state index in [1.54, 1.807) is 0 Å². The number of carbonyl (C=O) groups excluding carboxylic acids is 1. The lowest BCUT2D eigenvalue weighted by atomic mass is 10.0. The number of benzene rings is 1. The van der Waals surface area contributed by atoms with Crippen molar-refractivity contribution in [2.75, 3.05) is 21.2 Å². The Labute approximate surface area is 113 Å². The third kappa shape index (κ3) is 2.63. The fraction of sp³-hybridized carbons (Fsp3) is 0.400. The van der Waals surface area contributed by atoms with E-state index in [2.05, 4.69) is 27.8 Å². The monoisotopic (exact) mass is 260 g/mol. The van der Waals surface area contributed by atoms with Crippen molar-refractivity contribution in [3.8, 4) is 0 Å². The Kier molecular flexibility index (Phi) is 3.90. The van der Waals surface area contributed by atoms with Gasteiger partial charge in [0.05, 0.1) is 13.5 Å². The number of aryl methyl sites for hydroxylation is 1. The number of esters is 1. The quantitative estimate of drug-likeness (QED) is 0.791. The van der Waals surface area contributed by atoms with Crippen LogP contribution in [0.3, 0.4) is 0 Å². The number of ether oxygens (including phenoxy) is 1. The lowest BCUT2D eigenvalue weighted by molar-refractivity contribution is -0.141. The molecular formula is C15H20N2O2. The number of rotatable bonds is 4. The van der Waals surface area contributed by atoms with Gasteiger partial charge < -0.3 is 14.2 Å². The zero-order valence-corrected chi connectivity index (χ0v) is 11.9. The molecule has 0 saturated heterocycles. The van der Waals surface area contributed by atoms with Gasteiger partial charge in [-0.1, -0.05) is 18.2 Å². The molecule has 0 bridgehead atoms. The number of para-hydroxylation sites is 1. The van der Waals surface area contributed by atoms with Gasteiger partial charge in [0.1, 0.15) is 0 Å². The van der Waals surface area contributed by atoms with Crippen molar-refractivity contribution in [1.82, 2.24) is 9.47 Å². The first-order valence-electron chi connectivity index (χ1n) is 6.31. The van der Waals surface area contributed by atoms with Crippen LogP contribution in [0.15, 0.2) is 30.5 Å². The molecule has 0 aliphatic heterocycles. The maximum absolute atomic E-state index is 11.6. The second kappa shape index (κ2) is 5.45. The first-order chi connectivity index (χ1) is 9.04. The van der Waals surface area contributed by atoms with E-state index in [0.29, 0.717) is 6.42 Å². The maximum Gasteiger partial charge on any atom is 0.307 e. The molecule has 0 amide bonds. The largest absolute Gasteiger partial charge is 0.469 e. The van der Waals surface area contributed by atoms with Crippen LogP contribution >= 0.6 is 0 Å². The van der Waals surface area contributed by atoms with Crippen LogP contribution in [0.25, 0.3) is 10.9 Å². The highest BCUT2D eigenvalue weighted by Gasteiger charge is 2.22. The van der Waals surface area contributed by atoms with Crippen molar-refractivity contribution >= 4 is 16.9 Å². The third-order valence-electron chi connectivity index (χ3n) is 3.50. The summed E-state index contributed by atoms with van der Waals surface area (Å²) in [6.45, 7) is 0. The number of aromatic nitrogens is 1. The van der Waals surface area contributed by atoms with Gasteiger partial charge in [0, 0.05) is 30.2 Å². The summed E-state index contributed by atoms with van der Waals surface area (Å²) in [7, 11) is 7.42. The second-order valence-corrected chi connectivity index (χ2v) is 4.97. The molecule has 1 aromatic heterocycles. The van der Waals surface area contributed by atoms with Crippen LogP contribution in [0.4, 0.5) is 0 Å². The van der Waals surface area contributed by atoms with Gasteiger partial charge in [-0.2, -0.15) is 0 Å². The van der Waals surface area contributed by atoms with Crippen molar-refractivity contribution in [3.63, 3.8) is 0 Å². The van der Waals surface area contributed by atoms with Crippen molar-refractivity contribution in [3.05, 3.63) is 36.0 Å². The van der Waals surface area contributed by atoms with Gasteiger partial charge in [0.2, 0.25) is 0 Å². The summed E-state index contributed by atoms with van der Waals surface area (Å²) in [6, 6.07) is 8.26. The SMILES string of the molecule is COC(=O)CC(c1cn(C)c2ccccc12)N(C)C. The molecule has 0 radical (unpaired) electrons. The van der Waals surface area contributed by atoms with Gasteiger partial charge in [0.25, 0.3) is 0 Å². The van der Waals surface area contributed by atoms with Gasteiger partial charge in [-0.15, -0.1) is 0 Å². The molecule has 4 nitrogen and oxygen atoms in total. The molecule has 0 aliphatic rings. The van der Waals surface area contributed by atoms with E-state index >= 15 is 0 Å². The standard InChI is InChI=1S/C15H20N2O2/c1-16(2)14(9-15(18)19-4)12-10-17(3)13-8-6-5-7-11(12)13/h5-8,10,14H,9H2,1-4H3. The van der Waals surface area contributed by atoms with Gasteiger partial charge >= 0.3 is 5.97 Å². The highest BCUT2D eigenvalue weighted by atomic mass is 16.5. The predicted octanol–water partition coefficient (Wildman–Crippen LogP) is 2.34. The van der Waals surface area contributed by atoms with E-state index in [1.165, 1.54) is 18.0 Å². The smallest absolute Gasteiger partial charge is 0.307 e. The summed E-state index contributed by atoms with van der Waals surface area (Å²) in [5.74, 6) is -0.188. The molecule has 2 aromatic rings. The first kappa shape index (κ1) is 13.6. The molecule has 0 N–H and O–H groups in total. The van der Waals surface area contributed by atoms with E-state index in [4.69, 9.17) is 4.74 Å². The van der Waals surface area contributed by atoms with Crippen molar-refractivity contribution in [2.24, 2.45) is 7.05 Å². The van der Waals surface area contributed by atoms with E-state index in [-0.39, 0.29) is 12.0 Å². The summed E-state index contributed by atoms with van der Waals surface area (Å²) in [5, 5.41) is 1.19. The second-order valence-electron chi connectivity index (χ2n) is 4.97.